The number of aromatic carboxylic acids is 1. The van der Waals surface area contributed by atoms with Crippen LogP contribution in [0, 0.1) is 5.92 Å². The van der Waals surface area contributed by atoms with Gasteiger partial charge in [-0.15, -0.1) is 0 Å². The van der Waals surface area contributed by atoms with E-state index >= 15 is 0 Å². The van der Waals surface area contributed by atoms with Crippen LogP contribution in [0.3, 0.4) is 0 Å². The molecule has 0 aliphatic heterocycles. The molecule has 0 fully saturated rings. The van der Waals surface area contributed by atoms with Gasteiger partial charge in [0.05, 0.1) is 11.6 Å². The fourth-order valence-corrected chi connectivity index (χ4v) is 3.48. The fraction of sp³-hybridized carbons (Fsp3) is 0.400. The smallest absolute Gasteiger partial charge is 0.336 e. The van der Waals surface area contributed by atoms with Crippen molar-refractivity contribution in [2.75, 3.05) is 0 Å². The first kappa shape index (κ1) is 21.8. The maximum atomic E-state index is 11.5. The summed E-state index contributed by atoms with van der Waals surface area (Å²) < 4.78 is 2.07. The lowest BCUT2D eigenvalue weighted by Gasteiger charge is -2.12. The largest absolute Gasteiger partial charge is 0.478 e. The Labute approximate surface area is 178 Å². The summed E-state index contributed by atoms with van der Waals surface area (Å²) in [5.41, 5.74) is 3.09. The van der Waals surface area contributed by atoms with Gasteiger partial charge in [0.25, 0.3) is 0 Å². The van der Waals surface area contributed by atoms with E-state index in [-0.39, 0.29) is 0 Å². The van der Waals surface area contributed by atoms with Gasteiger partial charge in [-0.25, -0.2) is 14.5 Å². The van der Waals surface area contributed by atoms with Gasteiger partial charge in [-0.05, 0) is 48.4 Å². The number of hydrogen-bond acceptors (Lipinski definition) is 3. The van der Waals surface area contributed by atoms with Gasteiger partial charge in [-0.1, -0.05) is 63.2 Å². The van der Waals surface area contributed by atoms with Crippen molar-refractivity contribution in [1.29, 1.82) is 0 Å². The molecule has 2 aromatic carbocycles. The van der Waals surface area contributed by atoms with Crippen molar-refractivity contribution in [3.8, 4) is 11.1 Å². The molecule has 0 aliphatic rings. The van der Waals surface area contributed by atoms with Crippen LogP contribution in [0.2, 0.25) is 0 Å². The molecule has 0 radical (unpaired) electrons. The summed E-state index contributed by atoms with van der Waals surface area (Å²) in [5, 5.41) is 14.2. The van der Waals surface area contributed by atoms with Crippen molar-refractivity contribution in [2.24, 2.45) is 5.92 Å². The van der Waals surface area contributed by atoms with E-state index in [0.717, 1.165) is 47.6 Å². The lowest BCUT2D eigenvalue weighted by atomic mass is 9.98. The molecule has 0 bridgehead atoms. The van der Waals surface area contributed by atoms with Crippen molar-refractivity contribution in [1.82, 2.24) is 14.8 Å². The summed E-state index contributed by atoms with van der Waals surface area (Å²) in [6.07, 6.45) is 3.70. The van der Waals surface area contributed by atoms with E-state index in [2.05, 4.69) is 44.5 Å². The van der Waals surface area contributed by atoms with Crippen LogP contribution in [0.25, 0.3) is 11.1 Å². The first-order valence-electron chi connectivity index (χ1n) is 10.7. The maximum absolute atomic E-state index is 11.5. The molecule has 5 heteroatoms. The lowest BCUT2D eigenvalue weighted by molar-refractivity contribution is 0.0697. The quantitative estimate of drug-likeness (QED) is 0.489. The second-order valence-corrected chi connectivity index (χ2v) is 8.30. The Morgan fingerprint density at radius 2 is 1.77 bits per heavy atom. The summed E-state index contributed by atoms with van der Waals surface area (Å²) >= 11 is 0. The van der Waals surface area contributed by atoms with Crippen molar-refractivity contribution in [2.45, 2.75) is 59.4 Å². The zero-order chi connectivity index (χ0) is 21.7. The van der Waals surface area contributed by atoms with E-state index in [1.165, 1.54) is 0 Å². The van der Waals surface area contributed by atoms with Crippen LogP contribution in [-0.2, 0) is 12.8 Å². The van der Waals surface area contributed by atoms with Crippen molar-refractivity contribution >= 4 is 5.97 Å². The molecule has 3 rings (SSSR count). The highest BCUT2D eigenvalue weighted by Crippen LogP contribution is 2.25. The average Bonchev–Trinajstić information content (AvgIpc) is 3.15. The highest BCUT2D eigenvalue weighted by atomic mass is 16.4. The Bertz CT molecular complexity index is 990. The predicted octanol–water partition coefficient (Wildman–Crippen LogP) is 5.79. The number of hydrogen-bond donors (Lipinski definition) is 1. The second kappa shape index (κ2) is 9.70. The normalized spacial score (nSPS) is 12.3. The minimum absolute atomic E-state index is 0.307. The standard InChI is InChI=1S/C25H31N3O2/c1-5-18(4)28-24(26-23(27-28)15-10-17(2)3)16-19-11-13-20(14-12-19)21-8-6-7-9-22(21)25(29)30/h6-9,11-14,17-18H,5,10,15-16H2,1-4H3,(H,29,30). The summed E-state index contributed by atoms with van der Waals surface area (Å²) in [5.74, 6) is 1.63. The van der Waals surface area contributed by atoms with Gasteiger partial charge in [0.15, 0.2) is 5.82 Å². The molecule has 158 valence electrons. The molecular weight excluding hydrogens is 374 g/mol. The number of aromatic nitrogens is 3. The number of nitrogens with zero attached hydrogens (tertiary/aromatic N) is 3. The number of carboxylic acids is 1. The molecule has 0 saturated heterocycles. The summed E-state index contributed by atoms with van der Waals surface area (Å²) in [7, 11) is 0. The van der Waals surface area contributed by atoms with Crippen molar-refractivity contribution in [3.05, 3.63) is 71.3 Å². The molecule has 1 N–H and O–H groups in total. The van der Waals surface area contributed by atoms with Gasteiger partial charge in [0.1, 0.15) is 5.82 Å². The van der Waals surface area contributed by atoms with Gasteiger partial charge in [-0.3, -0.25) is 0 Å². The number of rotatable bonds is 9. The van der Waals surface area contributed by atoms with Gasteiger partial charge in [0, 0.05) is 12.8 Å². The summed E-state index contributed by atoms with van der Waals surface area (Å²) in [4.78, 5) is 16.4. The fourth-order valence-electron chi connectivity index (χ4n) is 3.48. The minimum atomic E-state index is -0.912. The Balaban J connectivity index is 1.84. The molecule has 1 aromatic heterocycles. The highest BCUT2D eigenvalue weighted by molar-refractivity contribution is 5.95. The van der Waals surface area contributed by atoms with Gasteiger partial charge >= 0.3 is 5.97 Å². The Morgan fingerprint density at radius 1 is 1.07 bits per heavy atom. The monoisotopic (exact) mass is 405 g/mol. The van der Waals surface area contributed by atoms with E-state index in [9.17, 15) is 9.90 Å². The molecule has 3 aromatic rings. The van der Waals surface area contributed by atoms with Crippen LogP contribution in [0.5, 0.6) is 0 Å². The minimum Gasteiger partial charge on any atom is -0.478 e. The molecule has 30 heavy (non-hydrogen) atoms. The molecule has 0 amide bonds. The average molecular weight is 406 g/mol. The Kier molecular flexibility index (Phi) is 7.03. The van der Waals surface area contributed by atoms with E-state index in [1.54, 1.807) is 12.1 Å². The van der Waals surface area contributed by atoms with Crippen LogP contribution in [-0.4, -0.2) is 25.8 Å². The third-order valence-corrected chi connectivity index (χ3v) is 5.48. The van der Waals surface area contributed by atoms with Gasteiger partial charge < -0.3 is 5.11 Å². The Hall–Kier alpha value is -2.95. The molecule has 0 aliphatic carbocycles. The first-order chi connectivity index (χ1) is 14.4. The topological polar surface area (TPSA) is 68.0 Å². The third-order valence-electron chi connectivity index (χ3n) is 5.48. The van der Waals surface area contributed by atoms with Crippen LogP contribution < -0.4 is 0 Å². The zero-order valence-electron chi connectivity index (χ0n) is 18.3. The Morgan fingerprint density at radius 3 is 2.40 bits per heavy atom. The van der Waals surface area contributed by atoms with Crippen molar-refractivity contribution in [3.63, 3.8) is 0 Å². The third kappa shape index (κ3) is 5.15. The summed E-state index contributed by atoms with van der Waals surface area (Å²) in [6.45, 7) is 8.78. The molecule has 1 atom stereocenters. The van der Waals surface area contributed by atoms with E-state index < -0.39 is 5.97 Å². The van der Waals surface area contributed by atoms with Crippen LogP contribution >= 0.6 is 0 Å². The number of carbonyl (C=O) groups is 1. The van der Waals surface area contributed by atoms with Crippen molar-refractivity contribution < 1.29 is 9.90 Å². The molecular formula is C25H31N3O2. The molecule has 0 spiro atoms. The van der Waals surface area contributed by atoms with Crippen LogP contribution in [0.15, 0.2) is 48.5 Å². The van der Waals surface area contributed by atoms with Gasteiger partial charge in [-0.2, -0.15) is 5.10 Å². The number of benzene rings is 2. The van der Waals surface area contributed by atoms with Crippen LogP contribution in [0.1, 0.15) is 74.1 Å². The van der Waals surface area contributed by atoms with E-state index in [1.807, 2.05) is 24.3 Å². The highest BCUT2D eigenvalue weighted by Gasteiger charge is 2.16. The number of aryl methyl sites for hydroxylation is 1. The summed E-state index contributed by atoms with van der Waals surface area (Å²) in [6, 6.07) is 15.5. The second-order valence-electron chi connectivity index (χ2n) is 8.30. The SMILES string of the molecule is CCC(C)n1nc(CCC(C)C)nc1Cc1ccc(-c2ccccc2C(=O)O)cc1. The van der Waals surface area contributed by atoms with E-state index in [0.29, 0.717) is 23.9 Å². The molecule has 0 saturated carbocycles. The first-order valence-corrected chi connectivity index (χ1v) is 10.7. The molecule has 1 unspecified atom stereocenters. The maximum Gasteiger partial charge on any atom is 0.336 e. The van der Waals surface area contributed by atoms with Gasteiger partial charge in [0.2, 0.25) is 0 Å². The van der Waals surface area contributed by atoms with E-state index in [4.69, 9.17) is 10.1 Å². The predicted molar refractivity (Wildman–Crippen MR) is 120 cm³/mol. The molecule has 1 heterocycles. The van der Waals surface area contributed by atoms with Crippen LogP contribution in [0.4, 0.5) is 0 Å². The lowest BCUT2D eigenvalue weighted by Crippen LogP contribution is -2.11. The zero-order valence-corrected chi connectivity index (χ0v) is 18.3. The number of carboxylic acid groups (broad SMARTS) is 1. The molecule has 5 nitrogen and oxygen atoms in total.